The maximum absolute atomic E-state index is 10.3. The van der Waals surface area contributed by atoms with Crippen LogP contribution in [0.2, 0.25) is 0 Å². The van der Waals surface area contributed by atoms with E-state index in [0.29, 0.717) is 6.29 Å². The number of aldehydes is 1. The number of hydrogen-bond donors (Lipinski definition) is 3. The first-order valence-corrected chi connectivity index (χ1v) is 3.75. The predicted octanol–water partition coefficient (Wildman–Crippen LogP) is 1.38. The zero-order valence-corrected chi connectivity index (χ0v) is 7.37. The fraction of sp³-hybridized carbons (Fsp3) is 0. The number of carbonyl (C=O) groups is 1. The van der Waals surface area contributed by atoms with Crippen LogP contribution in [0.4, 0.5) is 0 Å². The molecule has 0 spiro atoms. The Morgan fingerprint density at radius 3 is 2.33 bits per heavy atom. The molecule has 0 saturated heterocycles. The number of aromatic hydroxyl groups is 3. The van der Waals surface area contributed by atoms with Crippen molar-refractivity contribution in [1.82, 2.24) is 0 Å². The molecule has 1 rings (SSSR count). The van der Waals surface area contributed by atoms with Crippen LogP contribution in [0.5, 0.6) is 17.2 Å². The normalized spacial score (nSPS) is 9.75. The molecule has 0 bridgehead atoms. The van der Waals surface area contributed by atoms with E-state index in [9.17, 15) is 4.79 Å². The molecule has 4 nitrogen and oxygen atoms in total. The molecule has 64 valence electrons. The predicted molar refractivity (Wildman–Crippen MR) is 44.5 cm³/mol. The summed E-state index contributed by atoms with van der Waals surface area (Å²) in [6, 6.07) is 1.12. The van der Waals surface area contributed by atoms with E-state index in [-0.39, 0.29) is 10.0 Å². The summed E-state index contributed by atoms with van der Waals surface area (Å²) in [5.74, 6) is -1.80. The van der Waals surface area contributed by atoms with Gasteiger partial charge < -0.3 is 15.3 Å². The van der Waals surface area contributed by atoms with Gasteiger partial charge in [0.05, 0.1) is 5.56 Å². The van der Waals surface area contributed by atoms with E-state index in [1.165, 1.54) is 0 Å². The lowest BCUT2D eigenvalue weighted by atomic mass is 10.2. The lowest BCUT2D eigenvalue weighted by Crippen LogP contribution is -1.84. The van der Waals surface area contributed by atoms with Crippen molar-refractivity contribution in [3.63, 3.8) is 0 Å². The third kappa shape index (κ3) is 1.23. The number of hydrogen-bond acceptors (Lipinski definition) is 4. The molecule has 0 fully saturated rings. The molecule has 0 atom stereocenters. The smallest absolute Gasteiger partial charge is 0.201 e. The Kier molecular flexibility index (Phi) is 2.23. The first-order valence-electron chi connectivity index (χ1n) is 2.96. The van der Waals surface area contributed by atoms with Crippen molar-refractivity contribution in [1.29, 1.82) is 0 Å². The van der Waals surface area contributed by atoms with Gasteiger partial charge in [0, 0.05) is 4.47 Å². The molecule has 0 unspecified atom stereocenters. The monoisotopic (exact) mass is 232 g/mol. The van der Waals surface area contributed by atoms with Gasteiger partial charge in [0.25, 0.3) is 0 Å². The zero-order chi connectivity index (χ0) is 9.30. The second-order valence-electron chi connectivity index (χ2n) is 2.11. The summed E-state index contributed by atoms with van der Waals surface area (Å²) in [7, 11) is 0. The molecule has 12 heavy (non-hydrogen) atoms. The minimum absolute atomic E-state index is 0.0923. The largest absolute Gasteiger partial charge is 0.504 e. The van der Waals surface area contributed by atoms with E-state index in [1.807, 2.05) is 0 Å². The number of benzene rings is 1. The average molecular weight is 233 g/mol. The van der Waals surface area contributed by atoms with Crippen LogP contribution in [0.25, 0.3) is 0 Å². The Morgan fingerprint density at radius 2 is 1.83 bits per heavy atom. The van der Waals surface area contributed by atoms with Crippen molar-refractivity contribution in [2.45, 2.75) is 0 Å². The highest BCUT2D eigenvalue weighted by Crippen LogP contribution is 2.40. The highest BCUT2D eigenvalue weighted by Gasteiger charge is 2.14. The minimum atomic E-state index is -0.694. The average Bonchev–Trinajstić information content (AvgIpc) is 2.01. The quantitative estimate of drug-likeness (QED) is 0.505. The number of carbonyl (C=O) groups excluding carboxylic acids is 1. The molecule has 0 radical (unpaired) electrons. The van der Waals surface area contributed by atoms with E-state index in [0.717, 1.165) is 6.07 Å². The van der Waals surface area contributed by atoms with Crippen molar-refractivity contribution in [3.8, 4) is 17.2 Å². The number of phenolic OH excluding ortho intramolecular Hbond substituents is 3. The molecule has 0 aliphatic heterocycles. The van der Waals surface area contributed by atoms with Crippen LogP contribution in [-0.4, -0.2) is 21.6 Å². The van der Waals surface area contributed by atoms with Gasteiger partial charge in [0.1, 0.15) is 0 Å². The lowest BCUT2D eigenvalue weighted by molar-refractivity contribution is 0.111. The van der Waals surface area contributed by atoms with E-state index in [4.69, 9.17) is 15.3 Å². The number of phenols is 3. The van der Waals surface area contributed by atoms with Crippen LogP contribution in [0.15, 0.2) is 10.5 Å². The molecule has 0 aliphatic carbocycles. The van der Waals surface area contributed by atoms with Crippen molar-refractivity contribution in [3.05, 3.63) is 16.1 Å². The van der Waals surface area contributed by atoms with Gasteiger partial charge in [-0.3, -0.25) is 4.79 Å². The maximum atomic E-state index is 10.3. The molecule has 0 saturated carbocycles. The molecule has 0 aliphatic rings. The van der Waals surface area contributed by atoms with Crippen molar-refractivity contribution in [2.75, 3.05) is 0 Å². The van der Waals surface area contributed by atoms with Crippen LogP contribution >= 0.6 is 15.9 Å². The Hall–Kier alpha value is -1.23. The van der Waals surface area contributed by atoms with Gasteiger partial charge in [-0.05, 0) is 22.0 Å². The third-order valence-corrected chi connectivity index (χ3v) is 2.02. The van der Waals surface area contributed by atoms with Gasteiger partial charge in [-0.15, -0.1) is 0 Å². The molecule has 0 heterocycles. The first kappa shape index (κ1) is 8.86. The number of rotatable bonds is 1. The molecular weight excluding hydrogens is 228 g/mol. The second-order valence-corrected chi connectivity index (χ2v) is 2.96. The summed E-state index contributed by atoms with van der Waals surface area (Å²) in [4.78, 5) is 10.3. The van der Waals surface area contributed by atoms with E-state index >= 15 is 0 Å². The molecule has 0 amide bonds. The number of halogens is 1. The maximum Gasteiger partial charge on any atom is 0.201 e. The van der Waals surface area contributed by atoms with E-state index in [2.05, 4.69) is 15.9 Å². The third-order valence-electron chi connectivity index (χ3n) is 1.36. The highest BCUT2D eigenvalue weighted by molar-refractivity contribution is 9.10. The Morgan fingerprint density at radius 1 is 1.25 bits per heavy atom. The van der Waals surface area contributed by atoms with Crippen LogP contribution in [0, 0.1) is 0 Å². The molecule has 1 aromatic rings. The standard InChI is InChI=1S/C7H5BrO4/c8-4-1-5(10)7(12)6(11)3(4)2-9/h1-2,10-12H. The van der Waals surface area contributed by atoms with Crippen molar-refractivity contribution in [2.24, 2.45) is 0 Å². The molecule has 3 N–H and O–H groups in total. The van der Waals surface area contributed by atoms with Gasteiger partial charge in [-0.25, -0.2) is 0 Å². The second kappa shape index (κ2) is 3.02. The van der Waals surface area contributed by atoms with Gasteiger partial charge in [0.2, 0.25) is 5.75 Å². The molecule has 0 aromatic heterocycles. The summed E-state index contributed by atoms with van der Waals surface area (Å²) in [6.07, 6.45) is 0.374. The lowest BCUT2D eigenvalue weighted by Gasteiger charge is -2.04. The highest BCUT2D eigenvalue weighted by atomic mass is 79.9. The van der Waals surface area contributed by atoms with Crippen molar-refractivity contribution < 1.29 is 20.1 Å². The van der Waals surface area contributed by atoms with E-state index < -0.39 is 17.2 Å². The summed E-state index contributed by atoms with van der Waals surface area (Å²) >= 11 is 2.93. The molecule has 1 aromatic carbocycles. The van der Waals surface area contributed by atoms with Crippen LogP contribution in [-0.2, 0) is 0 Å². The van der Waals surface area contributed by atoms with Gasteiger partial charge >= 0.3 is 0 Å². The SMILES string of the molecule is O=Cc1c(Br)cc(O)c(O)c1O. The van der Waals surface area contributed by atoms with E-state index in [1.54, 1.807) is 0 Å². The summed E-state index contributed by atoms with van der Waals surface area (Å²) < 4.78 is 0.227. The summed E-state index contributed by atoms with van der Waals surface area (Å²) in [6.45, 7) is 0. The fourth-order valence-electron chi connectivity index (χ4n) is 0.740. The zero-order valence-electron chi connectivity index (χ0n) is 5.78. The summed E-state index contributed by atoms with van der Waals surface area (Å²) in [5.41, 5.74) is -0.0923. The summed E-state index contributed by atoms with van der Waals surface area (Å²) in [5, 5.41) is 27.0. The van der Waals surface area contributed by atoms with Gasteiger partial charge in [-0.2, -0.15) is 0 Å². The Labute approximate surface area is 76.2 Å². The van der Waals surface area contributed by atoms with Crippen LogP contribution < -0.4 is 0 Å². The Balaban J connectivity index is 3.51. The fourth-order valence-corrected chi connectivity index (χ4v) is 1.24. The van der Waals surface area contributed by atoms with Gasteiger partial charge in [-0.1, -0.05) is 0 Å². The first-order chi connectivity index (χ1) is 5.57. The van der Waals surface area contributed by atoms with Crippen LogP contribution in [0.3, 0.4) is 0 Å². The topological polar surface area (TPSA) is 77.8 Å². The van der Waals surface area contributed by atoms with Gasteiger partial charge in [0.15, 0.2) is 17.8 Å². The molecule has 5 heteroatoms. The molecular formula is C7H5BrO4. The van der Waals surface area contributed by atoms with Crippen molar-refractivity contribution >= 4 is 22.2 Å². The van der Waals surface area contributed by atoms with Crippen LogP contribution in [0.1, 0.15) is 10.4 Å². The Bertz CT molecular complexity index is 335. The minimum Gasteiger partial charge on any atom is -0.504 e.